The highest BCUT2D eigenvalue weighted by Gasteiger charge is 2.12. The second kappa shape index (κ2) is 5.57. The van der Waals surface area contributed by atoms with Gasteiger partial charge in [-0.15, -0.1) is 11.8 Å². The standard InChI is InChI=1S/C16H18N2S/c1-19-15-7-5-14(6-8-15)18-11-13-4-2-3-12-9-10-17-16(12)13/h2-8,17-18H,9-11H2,1H3. The van der Waals surface area contributed by atoms with Gasteiger partial charge in [0, 0.05) is 29.4 Å². The van der Waals surface area contributed by atoms with Crippen molar-refractivity contribution in [2.24, 2.45) is 0 Å². The number of anilines is 2. The summed E-state index contributed by atoms with van der Waals surface area (Å²) in [6.07, 6.45) is 3.24. The molecule has 98 valence electrons. The Morgan fingerprint density at radius 1 is 1.16 bits per heavy atom. The van der Waals surface area contributed by atoms with Crippen molar-refractivity contribution in [1.82, 2.24) is 0 Å². The van der Waals surface area contributed by atoms with Crippen LogP contribution in [0.5, 0.6) is 0 Å². The zero-order valence-electron chi connectivity index (χ0n) is 11.1. The average Bonchev–Trinajstić information content (AvgIpc) is 2.94. The minimum absolute atomic E-state index is 0.870. The van der Waals surface area contributed by atoms with Gasteiger partial charge in [0.2, 0.25) is 0 Å². The summed E-state index contributed by atoms with van der Waals surface area (Å²) in [6.45, 7) is 1.93. The second-order valence-corrected chi connectivity index (χ2v) is 5.59. The molecule has 3 rings (SSSR count). The first-order valence-electron chi connectivity index (χ1n) is 6.59. The van der Waals surface area contributed by atoms with Crippen LogP contribution in [0.4, 0.5) is 11.4 Å². The first-order valence-corrected chi connectivity index (χ1v) is 7.82. The average molecular weight is 270 g/mol. The third-order valence-electron chi connectivity index (χ3n) is 3.51. The van der Waals surface area contributed by atoms with E-state index in [0.29, 0.717) is 0 Å². The third-order valence-corrected chi connectivity index (χ3v) is 4.25. The van der Waals surface area contributed by atoms with E-state index in [-0.39, 0.29) is 0 Å². The topological polar surface area (TPSA) is 24.1 Å². The molecule has 0 fully saturated rings. The van der Waals surface area contributed by atoms with Crippen LogP contribution in [0.25, 0.3) is 0 Å². The number of thioether (sulfide) groups is 1. The van der Waals surface area contributed by atoms with E-state index in [2.05, 4.69) is 59.4 Å². The van der Waals surface area contributed by atoms with Gasteiger partial charge in [-0.2, -0.15) is 0 Å². The lowest BCUT2D eigenvalue weighted by Gasteiger charge is -2.11. The molecule has 0 atom stereocenters. The highest BCUT2D eigenvalue weighted by Crippen LogP contribution is 2.27. The number of hydrogen-bond donors (Lipinski definition) is 2. The molecular formula is C16H18N2S. The van der Waals surface area contributed by atoms with E-state index in [1.165, 1.54) is 27.4 Å². The fraction of sp³-hybridized carbons (Fsp3) is 0.250. The van der Waals surface area contributed by atoms with Crippen LogP contribution in [0.1, 0.15) is 11.1 Å². The molecule has 1 heterocycles. The summed E-state index contributed by atoms with van der Waals surface area (Å²) < 4.78 is 0. The summed E-state index contributed by atoms with van der Waals surface area (Å²) in [6, 6.07) is 15.2. The summed E-state index contributed by atoms with van der Waals surface area (Å²) in [4.78, 5) is 1.30. The molecule has 2 aromatic carbocycles. The first kappa shape index (κ1) is 12.4. The number of rotatable bonds is 4. The third kappa shape index (κ3) is 2.71. The summed E-state index contributed by atoms with van der Waals surface area (Å²) in [5.74, 6) is 0. The largest absolute Gasteiger partial charge is 0.384 e. The van der Waals surface area contributed by atoms with Crippen LogP contribution < -0.4 is 10.6 Å². The summed E-state index contributed by atoms with van der Waals surface area (Å²) in [5.41, 5.74) is 5.30. The van der Waals surface area contributed by atoms with Gasteiger partial charge in [-0.1, -0.05) is 18.2 Å². The fourth-order valence-electron chi connectivity index (χ4n) is 2.46. The SMILES string of the molecule is CSc1ccc(NCc2cccc3c2NCC3)cc1. The highest BCUT2D eigenvalue weighted by atomic mass is 32.2. The van der Waals surface area contributed by atoms with Crippen LogP contribution in [0.15, 0.2) is 47.4 Å². The van der Waals surface area contributed by atoms with E-state index in [1.807, 2.05) is 0 Å². The lowest BCUT2D eigenvalue weighted by atomic mass is 10.1. The normalized spacial score (nSPS) is 12.9. The van der Waals surface area contributed by atoms with Gasteiger partial charge >= 0.3 is 0 Å². The molecule has 0 bridgehead atoms. The number of benzene rings is 2. The molecule has 0 saturated carbocycles. The zero-order chi connectivity index (χ0) is 13.1. The quantitative estimate of drug-likeness (QED) is 0.822. The van der Waals surface area contributed by atoms with Crippen molar-refractivity contribution in [2.45, 2.75) is 17.9 Å². The van der Waals surface area contributed by atoms with Crippen LogP contribution in [0.3, 0.4) is 0 Å². The van der Waals surface area contributed by atoms with Gasteiger partial charge < -0.3 is 10.6 Å². The number of fused-ring (bicyclic) bond motifs is 1. The number of hydrogen-bond acceptors (Lipinski definition) is 3. The predicted molar refractivity (Wildman–Crippen MR) is 84.2 cm³/mol. The molecule has 1 aliphatic heterocycles. The molecule has 19 heavy (non-hydrogen) atoms. The Morgan fingerprint density at radius 2 is 2.00 bits per heavy atom. The zero-order valence-corrected chi connectivity index (χ0v) is 11.9. The van der Waals surface area contributed by atoms with Gasteiger partial charge in [-0.25, -0.2) is 0 Å². The number of para-hydroxylation sites is 1. The molecule has 0 radical (unpaired) electrons. The summed E-state index contributed by atoms with van der Waals surface area (Å²) in [7, 11) is 0. The Morgan fingerprint density at radius 3 is 2.79 bits per heavy atom. The van der Waals surface area contributed by atoms with Crippen LogP contribution in [-0.4, -0.2) is 12.8 Å². The first-order chi connectivity index (χ1) is 9.36. The maximum atomic E-state index is 3.49. The van der Waals surface area contributed by atoms with E-state index in [4.69, 9.17) is 0 Å². The maximum Gasteiger partial charge on any atom is 0.0424 e. The lowest BCUT2D eigenvalue weighted by Crippen LogP contribution is -2.02. The molecule has 0 aliphatic carbocycles. The minimum Gasteiger partial charge on any atom is -0.384 e. The van der Waals surface area contributed by atoms with Gasteiger partial charge in [0.05, 0.1) is 0 Å². The van der Waals surface area contributed by atoms with E-state index < -0.39 is 0 Å². The second-order valence-electron chi connectivity index (χ2n) is 4.71. The van der Waals surface area contributed by atoms with Crippen molar-refractivity contribution >= 4 is 23.1 Å². The summed E-state index contributed by atoms with van der Waals surface area (Å²) in [5, 5.41) is 6.97. The van der Waals surface area contributed by atoms with Crippen LogP contribution >= 0.6 is 11.8 Å². The minimum atomic E-state index is 0.870. The van der Waals surface area contributed by atoms with E-state index in [1.54, 1.807) is 11.8 Å². The Kier molecular flexibility index (Phi) is 3.65. The molecular weight excluding hydrogens is 252 g/mol. The van der Waals surface area contributed by atoms with Crippen molar-refractivity contribution < 1.29 is 0 Å². The molecule has 0 spiro atoms. The van der Waals surface area contributed by atoms with Gasteiger partial charge in [0.1, 0.15) is 0 Å². The number of nitrogens with one attached hydrogen (secondary N) is 2. The van der Waals surface area contributed by atoms with Gasteiger partial charge in [0.15, 0.2) is 0 Å². The summed E-state index contributed by atoms with van der Waals surface area (Å²) >= 11 is 1.77. The molecule has 0 saturated heterocycles. The molecule has 0 aromatic heterocycles. The Hall–Kier alpha value is -1.61. The molecule has 2 aromatic rings. The van der Waals surface area contributed by atoms with Crippen LogP contribution in [-0.2, 0) is 13.0 Å². The molecule has 0 amide bonds. The fourth-order valence-corrected chi connectivity index (χ4v) is 2.87. The van der Waals surface area contributed by atoms with Crippen LogP contribution in [0.2, 0.25) is 0 Å². The van der Waals surface area contributed by atoms with Gasteiger partial charge in [0.25, 0.3) is 0 Å². The van der Waals surface area contributed by atoms with Crippen molar-refractivity contribution in [3.8, 4) is 0 Å². The van der Waals surface area contributed by atoms with E-state index >= 15 is 0 Å². The van der Waals surface area contributed by atoms with Crippen molar-refractivity contribution in [3.05, 3.63) is 53.6 Å². The lowest BCUT2D eigenvalue weighted by molar-refractivity contribution is 1.11. The van der Waals surface area contributed by atoms with Crippen molar-refractivity contribution in [2.75, 3.05) is 23.4 Å². The van der Waals surface area contributed by atoms with Crippen molar-refractivity contribution in [3.63, 3.8) is 0 Å². The van der Waals surface area contributed by atoms with E-state index in [9.17, 15) is 0 Å². The molecule has 2 nitrogen and oxygen atoms in total. The predicted octanol–water partition coefficient (Wildman–Crippen LogP) is 3.99. The molecule has 1 aliphatic rings. The smallest absolute Gasteiger partial charge is 0.0424 e. The highest BCUT2D eigenvalue weighted by molar-refractivity contribution is 7.98. The monoisotopic (exact) mass is 270 g/mol. The van der Waals surface area contributed by atoms with Gasteiger partial charge in [-0.05, 0) is 48.1 Å². The maximum absolute atomic E-state index is 3.49. The molecule has 3 heteroatoms. The molecule has 2 N–H and O–H groups in total. The van der Waals surface area contributed by atoms with E-state index in [0.717, 1.165) is 19.5 Å². The molecule has 0 unspecified atom stereocenters. The Labute approximate surface area is 118 Å². The van der Waals surface area contributed by atoms with Crippen molar-refractivity contribution in [1.29, 1.82) is 0 Å². The Bertz CT molecular complexity index is 563. The van der Waals surface area contributed by atoms with Crippen LogP contribution in [0, 0.1) is 0 Å². The van der Waals surface area contributed by atoms with Gasteiger partial charge in [-0.3, -0.25) is 0 Å². The Balaban J connectivity index is 1.70.